The average Bonchev–Trinajstić information content (AvgIpc) is 3.51. The Labute approximate surface area is 153 Å². The van der Waals surface area contributed by atoms with Gasteiger partial charge in [0.15, 0.2) is 6.29 Å². The SMILES string of the molecule is Fc1ccc(C2OCC(C3CCC(OCOCC4CO4)CC3)CO2)cc1. The molecule has 0 amide bonds. The fraction of sp³-hybridized carbons (Fsp3) is 0.700. The van der Waals surface area contributed by atoms with Crippen LogP contribution >= 0.6 is 0 Å². The van der Waals surface area contributed by atoms with E-state index in [-0.39, 0.29) is 12.1 Å². The molecular weight excluding hydrogens is 339 g/mol. The van der Waals surface area contributed by atoms with Crippen molar-refractivity contribution in [3.63, 3.8) is 0 Å². The van der Waals surface area contributed by atoms with Crippen molar-refractivity contribution in [1.82, 2.24) is 0 Å². The smallest absolute Gasteiger partial charge is 0.183 e. The maximum absolute atomic E-state index is 13.0. The molecule has 1 aromatic carbocycles. The van der Waals surface area contributed by atoms with Crippen LogP contribution in [0.15, 0.2) is 24.3 Å². The van der Waals surface area contributed by atoms with Crippen LogP contribution in [0.3, 0.4) is 0 Å². The Bertz CT molecular complexity index is 546. The van der Waals surface area contributed by atoms with Gasteiger partial charge in [0.25, 0.3) is 0 Å². The molecular formula is C20H27FO5. The third-order valence-corrected chi connectivity index (χ3v) is 5.54. The minimum atomic E-state index is -0.376. The van der Waals surface area contributed by atoms with E-state index >= 15 is 0 Å². The van der Waals surface area contributed by atoms with Crippen LogP contribution in [0.2, 0.25) is 0 Å². The van der Waals surface area contributed by atoms with Crippen molar-refractivity contribution >= 4 is 0 Å². The predicted octanol–water partition coefficient (Wildman–Crippen LogP) is 3.44. The van der Waals surface area contributed by atoms with Gasteiger partial charge in [0, 0.05) is 11.5 Å². The van der Waals surface area contributed by atoms with Crippen LogP contribution in [0.25, 0.3) is 0 Å². The van der Waals surface area contributed by atoms with Gasteiger partial charge < -0.3 is 23.7 Å². The molecule has 2 aliphatic heterocycles. The highest BCUT2D eigenvalue weighted by Crippen LogP contribution is 2.36. The van der Waals surface area contributed by atoms with Crippen molar-refractivity contribution < 1.29 is 28.1 Å². The second-order valence-corrected chi connectivity index (χ2v) is 7.46. The van der Waals surface area contributed by atoms with Gasteiger partial charge in [-0.25, -0.2) is 4.39 Å². The van der Waals surface area contributed by atoms with E-state index in [4.69, 9.17) is 23.7 Å². The van der Waals surface area contributed by atoms with Crippen molar-refractivity contribution in [2.24, 2.45) is 11.8 Å². The molecule has 1 unspecified atom stereocenters. The molecule has 4 rings (SSSR count). The van der Waals surface area contributed by atoms with Crippen LogP contribution in [0.4, 0.5) is 4.39 Å². The number of halogens is 1. The molecule has 0 aromatic heterocycles. The molecule has 0 N–H and O–H groups in total. The number of ether oxygens (including phenoxy) is 5. The first-order valence-electron chi connectivity index (χ1n) is 9.57. The van der Waals surface area contributed by atoms with Crippen LogP contribution in [0.5, 0.6) is 0 Å². The van der Waals surface area contributed by atoms with Gasteiger partial charge in [-0.15, -0.1) is 0 Å². The lowest BCUT2D eigenvalue weighted by molar-refractivity contribution is -0.216. The quantitative estimate of drug-likeness (QED) is 0.420. The van der Waals surface area contributed by atoms with Gasteiger partial charge >= 0.3 is 0 Å². The summed E-state index contributed by atoms with van der Waals surface area (Å²) < 4.78 is 41.2. The zero-order valence-electron chi connectivity index (χ0n) is 15.0. The molecule has 5 nitrogen and oxygen atoms in total. The number of rotatable bonds is 7. The summed E-state index contributed by atoms with van der Waals surface area (Å²) in [6, 6.07) is 6.33. The van der Waals surface area contributed by atoms with Gasteiger partial charge in [-0.05, 0) is 43.7 Å². The molecule has 3 aliphatic rings. The monoisotopic (exact) mass is 366 g/mol. The van der Waals surface area contributed by atoms with Crippen molar-refractivity contribution in [2.75, 3.05) is 33.2 Å². The fourth-order valence-electron chi connectivity index (χ4n) is 3.82. The van der Waals surface area contributed by atoms with E-state index in [2.05, 4.69) is 0 Å². The molecule has 144 valence electrons. The Morgan fingerprint density at radius 2 is 1.58 bits per heavy atom. The highest BCUT2D eigenvalue weighted by atomic mass is 19.1. The van der Waals surface area contributed by atoms with Gasteiger partial charge in [0.1, 0.15) is 18.7 Å². The van der Waals surface area contributed by atoms with E-state index in [1.54, 1.807) is 12.1 Å². The standard InChI is InChI=1S/C20H27FO5/c21-17-5-1-15(2-6-17)20-24-9-16(10-25-20)14-3-7-18(8-4-14)26-13-22-11-19-12-23-19/h1-2,5-6,14,16,18-20H,3-4,7-13H2. The van der Waals surface area contributed by atoms with Crippen LogP contribution in [-0.2, 0) is 23.7 Å². The minimum absolute atomic E-state index is 0.243. The Morgan fingerprint density at radius 3 is 2.23 bits per heavy atom. The van der Waals surface area contributed by atoms with E-state index in [0.717, 1.165) is 37.9 Å². The van der Waals surface area contributed by atoms with E-state index < -0.39 is 0 Å². The Balaban J connectivity index is 1.14. The van der Waals surface area contributed by atoms with E-state index in [1.165, 1.54) is 12.1 Å². The molecule has 26 heavy (non-hydrogen) atoms. The summed E-state index contributed by atoms with van der Waals surface area (Å²) in [5.74, 6) is 0.799. The van der Waals surface area contributed by atoms with E-state index in [1.807, 2.05) is 0 Å². The lowest BCUT2D eigenvalue weighted by Crippen LogP contribution is -2.35. The molecule has 1 atom stereocenters. The number of hydrogen-bond acceptors (Lipinski definition) is 5. The van der Waals surface area contributed by atoms with Crippen molar-refractivity contribution in [1.29, 1.82) is 0 Å². The van der Waals surface area contributed by atoms with Gasteiger partial charge in [-0.2, -0.15) is 0 Å². The normalized spacial score (nSPS) is 34.6. The molecule has 3 fully saturated rings. The lowest BCUT2D eigenvalue weighted by Gasteiger charge is -2.37. The Kier molecular flexibility index (Phi) is 6.17. The van der Waals surface area contributed by atoms with E-state index in [0.29, 0.717) is 50.7 Å². The van der Waals surface area contributed by atoms with Crippen LogP contribution in [-0.4, -0.2) is 45.4 Å². The van der Waals surface area contributed by atoms with Crippen LogP contribution < -0.4 is 0 Å². The highest BCUT2D eigenvalue weighted by Gasteiger charge is 2.32. The van der Waals surface area contributed by atoms with Crippen LogP contribution in [0, 0.1) is 17.7 Å². The summed E-state index contributed by atoms with van der Waals surface area (Å²) in [5, 5.41) is 0. The molecule has 1 saturated carbocycles. The summed E-state index contributed by atoms with van der Waals surface area (Å²) >= 11 is 0. The summed E-state index contributed by atoms with van der Waals surface area (Å²) in [5.41, 5.74) is 0.874. The molecule has 0 radical (unpaired) electrons. The van der Waals surface area contributed by atoms with E-state index in [9.17, 15) is 4.39 Å². The molecule has 0 spiro atoms. The molecule has 1 aromatic rings. The maximum Gasteiger partial charge on any atom is 0.183 e. The molecule has 1 aliphatic carbocycles. The molecule has 2 saturated heterocycles. The van der Waals surface area contributed by atoms with Crippen molar-refractivity contribution in [3.8, 4) is 0 Å². The average molecular weight is 366 g/mol. The zero-order valence-corrected chi connectivity index (χ0v) is 15.0. The van der Waals surface area contributed by atoms with Gasteiger partial charge in [-0.1, -0.05) is 12.1 Å². The van der Waals surface area contributed by atoms with Crippen molar-refractivity contribution in [3.05, 3.63) is 35.6 Å². The zero-order chi connectivity index (χ0) is 17.8. The van der Waals surface area contributed by atoms with Crippen molar-refractivity contribution in [2.45, 2.75) is 44.2 Å². The number of benzene rings is 1. The van der Waals surface area contributed by atoms with Gasteiger partial charge in [-0.3, -0.25) is 0 Å². The summed E-state index contributed by atoms with van der Waals surface area (Å²) in [4.78, 5) is 0. The van der Waals surface area contributed by atoms with Crippen LogP contribution in [0.1, 0.15) is 37.5 Å². The third-order valence-electron chi connectivity index (χ3n) is 5.54. The Morgan fingerprint density at radius 1 is 0.885 bits per heavy atom. The first kappa shape index (κ1) is 18.3. The topological polar surface area (TPSA) is 49.5 Å². The Hall–Kier alpha value is -1.05. The molecule has 2 heterocycles. The first-order chi connectivity index (χ1) is 12.8. The maximum atomic E-state index is 13.0. The second kappa shape index (κ2) is 8.76. The largest absolute Gasteiger partial charge is 0.371 e. The third kappa shape index (κ3) is 5.02. The summed E-state index contributed by atoms with van der Waals surface area (Å²) in [6.07, 6.45) is 4.60. The molecule has 6 heteroatoms. The predicted molar refractivity (Wildman–Crippen MR) is 91.9 cm³/mol. The fourth-order valence-corrected chi connectivity index (χ4v) is 3.82. The number of epoxide rings is 1. The van der Waals surface area contributed by atoms with Gasteiger partial charge in [0.05, 0.1) is 32.5 Å². The lowest BCUT2D eigenvalue weighted by atomic mass is 9.79. The second-order valence-electron chi connectivity index (χ2n) is 7.46. The first-order valence-corrected chi connectivity index (χ1v) is 9.57. The minimum Gasteiger partial charge on any atom is -0.371 e. The number of hydrogen-bond donors (Lipinski definition) is 0. The highest BCUT2D eigenvalue weighted by molar-refractivity contribution is 5.17. The van der Waals surface area contributed by atoms with Gasteiger partial charge in [0.2, 0.25) is 0 Å². The summed E-state index contributed by atoms with van der Waals surface area (Å²) in [7, 11) is 0. The summed E-state index contributed by atoms with van der Waals surface area (Å²) in [6.45, 7) is 3.22. The molecule has 0 bridgehead atoms.